The van der Waals surface area contributed by atoms with Gasteiger partial charge in [0.2, 0.25) is 11.8 Å². The maximum Gasteiger partial charge on any atom is 0.318 e. The van der Waals surface area contributed by atoms with E-state index in [1.54, 1.807) is 18.7 Å². The van der Waals surface area contributed by atoms with Crippen LogP contribution in [0.3, 0.4) is 0 Å². The van der Waals surface area contributed by atoms with Crippen molar-refractivity contribution in [2.75, 3.05) is 39.3 Å². The third-order valence-corrected chi connectivity index (χ3v) is 15.9. The summed E-state index contributed by atoms with van der Waals surface area (Å²) in [4.78, 5) is 82.6. The number of ether oxygens (including phenoxy) is 2. The van der Waals surface area contributed by atoms with E-state index in [1.165, 1.54) is 18.2 Å². The van der Waals surface area contributed by atoms with Gasteiger partial charge in [0.05, 0.1) is 24.3 Å². The normalized spacial score (nSPS) is 19.2. The van der Waals surface area contributed by atoms with Crippen molar-refractivity contribution in [1.29, 1.82) is 0 Å². The SMILES string of the molecule is C.C.[2H]C([2H])([2H])c1cccc(C([2H])([2H])[2H])c1OCC(=O)N[C@@H](Cc1ccccc1)[C@@H](O)C[C@H](Cc1ccccc1)NC(=O)[C@H](C(C)C)N1CCCNC1=O.[2H]C1([2H])NC(=O)N([C@H](C(=O)N[C@@H](Cc2ccccc2)C[C@H](O)[C@H](Cc2ccccc2)NC(=O)COc2c(C)cccc2C)C(C)C)C([2H])([2H])C1([2H])[2H]. The first kappa shape index (κ1) is 59.0. The Kier molecular flexibility index (Phi) is 24.1. The molecule has 2 fully saturated rings. The number of hydrogen-bond acceptors (Lipinski definition) is 10. The van der Waals surface area contributed by atoms with Crippen LogP contribution in [0.2, 0.25) is 0 Å². The van der Waals surface area contributed by atoms with Gasteiger partial charge >= 0.3 is 12.1 Å². The average Bonchev–Trinajstić information content (AvgIpc) is 0.718. The lowest BCUT2D eigenvalue weighted by Crippen LogP contribution is -2.59. The number of nitrogens with one attached hydrogen (secondary N) is 6. The van der Waals surface area contributed by atoms with E-state index in [4.69, 9.17) is 25.9 Å². The minimum absolute atomic E-state index is 0. The molecule has 2 saturated heterocycles. The zero-order valence-corrected chi connectivity index (χ0v) is 53.1. The molecule has 94 heavy (non-hydrogen) atoms. The molecule has 8 atom stereocenters. The average molecular weight is 1300 g/mol. The van der Waals surface area contributed by atoms with E-state index < -0.39 is 124 Å². The Morgan fingerprint density at radius 3 is 1.29 bits per heavy atom. The third kappa shape index (κ3) is 23.4. The number of para-hydroxylation sites is 2. The molecule has 8 N–H and O–H groups in total. The first-order valence-corrected chi connectivity index (χ1v) is 31.2. The van der Waals surface area contributed by atoms with E-state index in [-0.39, 0.29) is 82.5 Å². The predicted octanol–water partition coefficient (Wildman–Crippen LogP) is 9.93. The van der Waals surface area contributed by atoms with Crippen LogP contribution in [0.4, 0.5) is 9.59 Å². The summed E-state index contributed by atoms with van der Waals surface area (Å²) in [6.07, 6.45) is -3.92. The zero-order valence-electron chi connectivity index (χ0n) is 65.1. The minimum atomic E-state index is -3.23. The number of aliphatic hydroxyl groups excluding tert-OH is 2. The highest BCUT2D eigenvalue weighted by Gasteiger charge is 2.38. The molecule has 6 aromatic carbocycles. The van der Waals surface area contributed by atoms with Gasteiger partial charge in [-0.05, 0) is 135 Å². The number of amides is 8. The van der Waals surface area contributed by atoms with E-state index in [0.717, 1.165) is 33.4 Å². The number of rotatable bonds is 30. The van der Waals surface area contributed by atoms with Gasteiger partial charge in [0, 0.05) is 54.6 Å². The first-order valence-electron chi connectivity index (χ1n) is 37.2. The number of nitrogens with zero attached hydrogens (tertiary/aromatic N) is 2. The van der Waals surface area contributed by atoms with Gasteiger partial charge in [-0.25, -0.2) is 9.59 Å². The summed E-state index contributed by atoms with van der Waals surface area (Å²) >= 11 is 0. The van der Waals surface area contributed by atoms with Crippen LogP contribution in [0.5, 0.6) is 11.5 Å². The molecule has 0 aliphatic carbocycles. The lowest BCUT2D eigenvalue weighted by atomic mass is 9.92. The molecule has 2 aliphatic heterocycles. The molecule has 0 aromatic heterocycles. The van der Waals surface area contributed by atoms with Gasteiger partial charge in [-0.2, -0.15) is 0 Å². The molecule has 0 unspecified atom stereocenters. The molecule has 2 heterocycles. The summed E-state index contributed by atoms with van der Waals surface area (Å²) in [5.41, 5.74) is 4.44. The Balaban J connectivity index is 0.000000373. The molecule has 18 heteroatoms. The molecule has 8 rings (SSSR count). The largest absolute Gasteiger partial charge is 0.483 e. The van der Waals surface area contributed by atoms with Crippen molar-refractivity contribution < 1.29 is 64.9 Å². The molecule has 2 aliphatic rings. The molecule has 6 aromatic rings. The summed E-state index contributed by atoms with van der Waals surface area (Å²) in [7, 11) is 0. The van der Waals surface area contributed by atoms with E-state index in [0.29, 0.717) is 36.6 Å². The molecule has 8 amide bonds. The second-order valence-corrected chi connectivity index (χ2v) is 23.9. The molecule has 18 nitrogen and oxygen atoms in total. The van der Waals surface area contributed by atoms with Gasteiger partial charge in [0.1, 0.15) is 23.6 Å². The van der Waals surface area contributed by atoms with Crippen LogP contribution in [-0.4, -0.2) is 143 Å². The van der Waals surface area contributed by atoms with E-state index in [9.17, 15) is 39.0 Å². The molecular formula is C76H104N8O10. The van der Waals surface area contributed by atoms with E-state index in [2.05, 4.69) is 26.6 Å². The number of benzene rings is 6. The predicted molar refractivity (Wildman–Crippen MR) is 373 cm³/mol. The molecule has 0 spiro atoms. The Bertz CT molecular complexity index is 3770. The lowest BCUT2D eigenvalue weighted by Gasteiger charge is -2.37. The van der Waals surface area contributed by atoms with Gasteiger partial charge in [-0.15, -0.1) is 0 Å². The molecular weight excluding hydrogens is 1180 g/mol. The fraction of sp³-hybridized carbons (Fsp3) is 0.447. The topological polar surface area (TPSA) is 240 Å². The van der Waals surface area contributed by atoms with Gasteiger partial charge in [0.25, 0.3) is 11.8 Å². The Morgan fingerprint density at radius 1 is 0.521 bits per heavy atom. The number of aryl methyl sites for hydroxylation is 4. The number of hydrogen-bond donors (Lipinski definition) is 8. The first-order chi connectivity index (χ1) is 48.9. The van der Waals surface area contributed by atoms with Crippen molar-refractivity contribution in [3.63, 3.8) is 0 Å². The van der Waals surface area contributed by atoms with Crippen molar-refractivity contribution in [3.05, 3.63) is 202 Å². The molecule has 0 radical (unpaired) electrons. The Labute approximate surface area is 575 Å². The van der Waals surface area contributed by atoms with E-state index in [1.807, 2.05) is 173 Å². The number of aliphatic hydroxyl groups is 2. The summed E-state index contributed by atoms with van der Waals surface area (Å²) in [6.45, 7) is -1.07. The maximum absolute atomic E-state index is 14.1. The summed E-state index contributed by atoms with van der Waals surface area (Å²) in [5, 5.41) is 39.9. The number of carbonyl (C=O) groups excluding carboxylic acids is 6. The minimum Gasteiger partial charge on any atom is -0.483 e. The van der Waals surface area contributed by atoms with Crippen LogP contribution in [-0.2, 0) is 44.9 Å². The van der Waals surface area contributed by atoms with Crippen molar-refractivity contribution in [2.45, 2.75) is 170 Å². The Morgan fingerprint density at radius 2 is 0.894 bits per heavy atom. The van der Waals surface area contributed by atoms with Crippen LogP contribution < -0.4 is 41.4 Å². The smallest absolute Gasteiger partial charge is 0.318 e. The highest BCUT2D eigenvalue weighted by Crippen LogP contribution is 2.25. The summed E-state index contributed by atoms with van der Waals surface area (Å²) < 4.78 is 108. The monoisotopic (exact) mass is 1300 g/mol. The van der Waals surface area contributed by atoms with Crippen molar-refractivity contribution in [3.8, 4) is 11.5 Å². The zero-order chi connectivity index (χ0) is 76.5. The van der Waals surface area contributed by atoms with Gasteiger partial charge in [-0.1, -0.05) is 200 Å². The van der Waals surface area contributed by atoms with Crippen LogP contribution >= 0.6 is 0 Å². The fourth-order valence-corrected chi connectivity index (χ4v) is 11.4. The second kappa shape index (κ2) is 38.4. The third-order valence-electron chi connectivity index (χ3n) is 15.9. The maximum atomic E-state index is 14.1. The van der Waals surface area contributed by atoms with Crippen molar-refractivity contribution in [2.24, 2.45) is 11.8 Å². The molecule has 0 bridgehead atoms. The fourth-order valence-electron chi connectivity index (χ4n) is 11.4. The number of carbonyl (C=O) groups is 6. The Hall–Kier alpha value is -8.74. The lowest BCUT2D eigenvalue weighted by molar-refractivity contribution is -0.129. The van der Waals surface area contributed by atoms with E-state index >= 15 is 0 Å². The van der Waals surface area contributed by atoms with Crippen LogP contribution in [0.25, 0.3) is 0 Å². The summed E-state index contributed by atoms with van der Waals surface area (Å²) in [5.74, 6) is -3.08. The molecule has 508 valence electrons. The quantitative estimate of drug-likeness (QED) is 0.0212. The van der Waals surface area contributed by atoms with Gasteiger partial charge in [-0.3, -0.25) is 19.2 Å². The number of urea groups is 2. The second-order valence-electron chi connectivity index (χ2n) is 23.9. The highest BCUT2D eigenvalue weighted by molar-refractivity contribution is 5.89. The van der Waals surface area contributed by atoms with Crippen LogP contribution in [0, 0.1) is 39.4 Å². The van der Waals surface area contributed by atoms with Crippen LogP contribution in [0.15, 0.2) is 158 Å². The van der Waals surface area contributed by atoms with Crippen molar-refractivity contribution >= 4 is 35.7 Å². The van der Waals surface area contributed by atoms with Gasteiger partial charge in [0.15, 0.2) is 13.2 Å². The highest BCUT2D eigenvalue weighted by atomic mass is 16.5. The molecule has 0 saturated carbocycles. The standard InChI is InChI=1S/2C37H48N4O5.2CH4/c2*1-25(2)34(41-20-12-19-38-37(41)45)36(44)39-30(21-28-15-7-5-8-16-28)23-32(42)31(22-29-17-9-6-10-18-29)40-33(43)24-46-35-26(3)13-11-14-27(35)4;;/h2*5-11,13-18,25,30-32,34,42H,12,19-24H2,1-4H3,(H,38,45)(H,39,44)(H,40,43);2*1H4/t2*30-,31-,32-,34-;;/m00../s1/i12D2,19D2,20D2;3D3,4D3;;. The van der Waals surface area contributed by atoms with Crippen molar-refractivity contribution in [1.82, 2.24) is 41.7 Å². The summed E-state index contributed by atoms with van der Waals surface area (Å²) in [6, 6.07) is 39.5. The van der Waals surface area contributed by atoms with Gasteiger partial charge < -0.3 is 61.4 Å². The van der Waals surface area contributed by atoms with Crippen LogP contribution in [0.1, 0.15) is 129 Å².